The SMILES string of the molecule is Cc1ccc2c(c1C)NCC(C)(C)N2C. The molecule has 1 aliphatic heterocycles. The molecule has 1 N–H and O–H groups in total. The number of anilines is 2. The summed E-state index contributed by atoms with van der Waals surface area (Å²) in [5.74, 6) is 0. The number of benzene rings is 1. The van der Waals surface area contributed by atoms with Crippen molar-refractivity contribution >= 4 is 11.4 Å². The average molecular weight is 204 g/mol. The minimum atomic E-state index is 0.189. The molecule has 0 fully saturated rings. The number of nitrogens with one attached hydrogen (secondary N) is 1. The van der Waals surface area contributed by atoms with Gasteiger partial charge in [0.15, 0.2) is 0 Å². The topological polar surface area (TPSA) is 15.3 Å². The smallest absolute Gasteiger partial charge is 0.0611 e. The van der Waals surface area contributed by atoms with Crippen molar-refractivity contribution in [1.82, 2.24) is 0 Å². The van der Waals surface area contributed by atoms with Gasteiger partial charge in [0, 0.05) is 13.6 Å². The third-order valence-electron chi connectivity index (χ3n) is 3.68. The van der Waals surface area contributed by atoms with E-state index in [2.05, 4.69) is 57.1 Å². The van der Waals surface area contributed by atoms with Gasteiger partial charge in [0.25, 0.3) is 0 Å². The van der Waals surface area contributed by atoms with Crippen molar-refractivity contribution in [1.29, 1.82) is 0 Å². The van der Waals surface area contributed by atoms with Gasteiger partial charge in [0.2, 0.25) is 0 Å². The van der Waals surface area contributed by atoms with Crippen LogP contribution < -0.4 is 10.2 Å². The zero-order valence-corrected chi connectivity index (χ0v) is 10.3. The lowest BCUT2D eigenvalue weighted by molar-refractivity contribution is 0.502. The first-order valence-electron chi connectivity index (χ1n) is 5.51. The van der Waals surface area contributed by atoms with E-state index in [1.807, 2.05) is 0 Å². The molecule has 82 valence electrons. The molecule has 15 heavy (non-hydrogen) atoms. The summed E-state index contributed by atoms with van der Waals surface area (Å²) >= 11 is 0. The number of aryl methyl sites for hydroxylation is 1. The Balaban J connectivity index is 2.55. The molecular formula is C13H20N2. The standard InChI is InChI=1S/C13H20N2/c1-9-6-7-11-12(10(9)2)14-8-13(3,4)15(11)5/h6-7,14H,8H2,1-5H3. The third-order valence-corrected chi connectivity index (χ3v) is 3.68. The van der Waals surface area contributed by atoms with Gasteiger partial charge in [-0.15, -0.1) is 0 Å². The van der Waals surface area contributed by atoms with Crippen LogP contribution in [0.4, 0.5) is 11.4 Å². The van der Waals surface area contributed by atoms with E-state index in [9.17, 15) is 0 Å². The Morgan fingerprint density at radius 1 is 1.27 bits per heavy atom. The summed E-state index contributed by atoms with van der Waals surface area (Å²) in [5.41, 5.74) is 5.53. The first-order chi connectivity index (χ1) is 6.93. The van der Waals surface area contributed by atoms with Crippen molar-refractivity contribution < 1.29 is 0 Å². The van der Waals surface area contributed by atoms with E-state index in [0.29, 0.717) is 0 Å². The maximum Gasteiger partial charge on any atom is 0.0611 e. The van der Waals surface area contributed by atoms with Gasteiger partial charge < -0.3 is 10.2 Å². The van der Waals surface area contributed by atoms with E-state index >= 15 is 0 Å². The molecule has 1 aromatic carbocycles. The van der Waals surface area contributed by atoms with Gasteiger partial charge in [-0.3, -0.25) is 0 Å². The summed E-state index contributed by atoms with van der Waals surface area (Å²) in [6.07, 6.45) is 0. The summed E-state index contributed by atoms with van der Waals surface area (Å²) in [4.78, 5) is 2.37. The number of fused-ring (bicyclic) bond motifs is 1. The van der Waals surface area contributed by atoms with Crippen LogP contribution in [0.25, 0.3) is 0 Å². The molecule has 0 atom stereocenters. The molecule has 1 aliphatic rings. The molecule has 2 rings (SSSR count). The van der Waals surface area contributed by atoms with Gasteiger partial charge in [-0.25, -0.2) is 0 Å². The van der Waals surface area contributed by atoms with Crippen LogP contribution in [-0.2, 0) is 0 Å². The van der Waals surface area contributed by atoms with Crippen molar-refractivity contribution in [3.8, 4) is 0 Å². The average Bonchev–Trinajstić information content (AvgIpc) is 2.17. The molecule has 0 aliphatic carbocycles. The molecular weight excluding hydrogens is 184 g/mol. The fourth-order valence-corrected chi connectivity index (χ4v) is 2.05. The molecule has 1 heterocycles. The van der Waals surface area contributed by atoms with Crippen LogP contribution in [-0.4, -0.2) is 19.1 Å². The van der Waals surface area contributed by atoms with E-state index in [-0.39, 0.29) is 5.54 Å². The molecule has 0 saturated heterocycles. The predicted octanol–water partition coefficient (Wildman–Crippen LogP) is 2.94. The molecule has 0 spiro atoms. The van der Waals surface area contributed by atoms with Gasteiger partial charge in [0.05, 0.1) is 16.9 Å². The Morgan fingerprint density at radius 2 is 1.93 bits per heavy atom. The number of likely N-dealkylation sites (N-methyl/N-ethyl adjacent to an activating group) is 1. The highest BCUT2D eigenvalue weighted by Crippen LogP contribution is 2.37. The highest BCUT2D eigenvalue weighted by molar-refractivity contribution is 5.77. The lowest BCUT2D eigenvalue weighted by atomic mass is 9.95. The van der Waals surface area contributed by atoms with Gasteiger partial charge in [-0.1, -0.05) is 6.07 Å². The number of nitrogens with zero attached hydrogens (tertiary/aromatic N) is 1. The number of hydrogen-bond donors (Lipinski definition) is 1. The zero-order valence-electron chi connectivity index (χ0n) is 10.3. The number of rotatable bonds is 0. The minimum absolute atomic E-state index is 0.189. The van der Waals surface area contributed by atoms with Crippen LogP contribution >= 0.6 is 0 Å². The van der Waals surface area contributed by atoms with E-state index in [1.54, 1.807) is 0 Å². The molecule has 0 saturated carbocycles. The van der Waals surface area contributed by atoms with Crippen LogP contribution in [0, 0.1) is 13.8 Å². The Hall–Kier alpha value is -1.18. The van der Waals surface area contributed by atoms with Crippen molar-refractivity contribution in [2.45, 2.75) is 33.2 Å². The lowest BCUT2D eigenvalue weighted by Crippen LogP contribution is -2.50. The van der Waals surface area contributed by atoms with Crippen LogP contribution in [0.15, 0.2) is 12.1 Å². The Kier molecular flexibility index (Phi) is 2.18. The molecule has 0 bridgehead atoms. The molecule has 2 nitrogen and oxygen atoms in total. The van der Waals surface area contributed by atoms with Crippen LogP contribution in [0.1, 0.15) is 25.0 Å². The van der Waals surface area contributed by atoms with Gasteiger partial charge in [-0.2, -0.15) is 0 Å². The molecule has 2 heteroatoms. The Morgan fingerprint density at radius 3 is 2.60 bits per heavy atom. The van der Waals surface area contributed by atoms with Crippen molar-refractivity contribution in [3.63, 3.8) is 0 Å². The van der Waals surface area contributed by atoms with E-state index in [0.717, 1.165) is 6.54 Å². The molecule has 1 aromatic rings. The predicted molar refractivity (Wildman–Crippen MR) is 66.9 cm³/mol. The van der Waals surface area contributed by atoms with E-state index in [1.165, 1.54) is 22.5 Å². The largest absolute Gasteiger partial charge is 0.381 e. The van der Waals surface area contributed by atoms with Crippen molar-refractivity contribution in [2.75, 3.05) is 23.8 Å². The first kappa shape index (κ1) is 10.3. The lowest BCUT2D eigenvalue weighted by Gasteiger charge is -2.43. The van der Waals surface area contributed by atoms with Gasteiger partial charge in [0.1, 0.15) is 0 Å². The molecule has 0 radical (unpaired) electrons. The van der Waals surface area contributed by atoms with Gasteiger partial charge >= 0.3 is 0 Å². The zero-order chi connectivity index (χ0) is 11.2. The Labute approximate surface area is 92.3 Å². The highest BCUT2D eigenvalue weighted by atomic mass is 15.2. The van der Waals surface area contributed by atoms with Crippen LogP contribution in [0.5, 0.6) is 0 Å². The fraction of sp³-hybridized carbons (Fsp3) is 0.538. The summed E-state index contributed by atoms with van der Waals surface area (Å²) in [7, 11) is 2.18. The fourth-order valence-electron chi connectivity index (χ4n) is 2.05. The van der Waals surface area contributed by atoms with Crippen LogP contribution in [0.2, 0.25) is 0 Å². The second-order valence-electron chi connectivity index (χ2n) is 5.13. The highest BCUT2D eigenvalue weighted by Gasteiger charge is 2.30. The third kappa shape index (κ3) is 1.48. The van der Waals surface area contributed by atoms with Crippen LogP contribution in [0.3, 0.4) is 0 Å². The van der Waals surface area contributed by atoms with E-state index < -0.39 is 0 Å². The summed E-state index contributed by atoms with van der Waals surface area (Å²) in [6, 6.07) is 4.42. The Bertz CT molecular complexity index is 394. The second-order valence-corrected chi connectivity index (χ2v) is 5.13. The maximum absolute atomic E-state index is 3.55. The van der Waals surface area contributed by atoms with Crippen molar-refractivity contribution in [3.05, 3.63) is 23.3 Å². The molecule has 0 unspecified atom stereocenters. The summed E-state index contributed by atoms with van der Waals surface area (Å²) in [5, 5.41) is 3.55. The second kappa shape index (κ2) is 3.16. The maximum atomic E-state index is 3.55. The molecule has 0 aromatic heterocycles. The monoisotopic (exact) mass is 204 g/mol. The summed E-state index contributed by atoms with van der Waals surface area (Å²) in [6.45, 7) is 9.88. The number of hydrogen-bond acceptors (Lipinski definition) is 2. The minimum Gasteiger partial charge on any atom is -0.381 e. The normalized spacial score (nSPS) is 18.3. The van der Waals surface area contributed by atoms with Crippen molar-refractivity contribution in [2.24, 2.45) is 0 Å². The summed E-state index contributed by atoms with van der Waals surface area (Å²) < 4.78 is 0. The van der Waals surface area contributed by atoms with E-state index in [4.69, 9.17) is 0 Å². The van der Waals surface area contributed by atoms with Gasteiger partial charge in [-0.05, 0) is 44.9 Å². The molecule has 0 amide bonds. The quantitative estimate of drug-likeness (QED) is 0.699. The first-order valence-corrected chi connectivity index (χ1v) is 5.51.